The van der Waals surface area contributed by atoms with E-state index in [1.54, 1.807) is 31.6 Å². The predicted molar refractivity (Wildman–Crippen MR) is 91.4 cm³/mol. The molecule has 118 valence electrons. The molecule has 1 aromatic heterocycles. The van der Waals surface area contributed by atoms with E-state index in [-0.39, 0.29) is 0 Å². The Kier molecular flexibility index (Phi) is 4.55. The number of methoxy groups -OCH3 is 1. The third-order valence-electron chi connectivity index (χ3n) is 3.88. The molecular weight excluding hydrogens is 300 g/mol. The van der Waals surface area contributed by atoms with E-state index < -0.39 is 6.10 Å². The molecule has 1 heterocycles. The first-order chi connectivity index (χ1) is 11.7. The third-order valence-corrected chi connectivity index (χ3v) is 3.88. The molecule has 4 heteroatoms. The lowest BCUT2D eigenvalue weighted by Crippen LogP contribution is -2.03. The van der Waals surface area contributed by atoms with Crippen molar-refractivity contribution in [2.24, 2.45) is 0 Å². The number of hydrogen-bond acceptors (Lipinski definition) is 4. The van der Waals surface area contributed by atoms with E-state index in [4.69, 9.17) is 10.00 Å². The van der Waals surface area contributed by atoms with Gasteiger partial charge in [-0.15, -0.1) is 0 Å². The topological polar surface area (TPSA) is 66.1 Å². The van der Waals surface area contributed by atoms with E-state index in [9.17, 15) is 5.11 Å². The molecule has 1 atom stereocenters. The molecular formula is C20H16N2O2. The van der Waals surface area contributed by atoms with E-state index in [0.717, 1.165) is 22.4 Å². The van der Waals surface area contributed by atoms with Crippen molar-refractivity contribution in [3.05, 3.63) is 83.7 Å². The van der Waals surface area contributed by atoms with E-state index in [1.165, 1.54) is 0 Å². The highest BCUT2D eigenvalue weighted by atomic mass is 16.5. The van der Waals surface area contributed by atoms with Gasteiger partial charge in [0.15, 0.2) is 0 Å². The SMILES string of the molecule is COc1ccc(C(O)c2cnccc2-c2cccc(C#N)c2)cc1. The highest BCUT2D eigenvalue weighted by Crippen LogP contribution is 2.32. The molecule has 0 amide bonds. The Morgan fingerprint density at radius 1 is 1.12 bits per heavy atom. The Bertz CT molecular complexity index is 883. The molecule has 4 nitrogen and oxygen atoms in total. The zero-order valence-corrected chi connectivity index (χ0v) is 13.2. The number of aromatic nitrogens is 1. The van der Waals surface area contributed by atoms with Gasteiger partial charge < -0.3 is 9.84 Å². The van der Waals surface area contributed by atoms with Gasteiger partial charge in [-0.3, -0.25) is 4.98 Å². The van der Waals surface area contributed by atoms with Crippen molar-refractivity contribution in [1.29, 1.82) is 5.26 Å². The Hall–Kier alpha value is -3.16. The van der Waals surface area contributed by atoms with Gasteiger partial charge in [0, 0.05) is 18.0 Å². The van der Waals surface area contributed by atoms with Crippen molar-refractivity contribution in [3.8, 4) is 22.9 Å². The minimum Gasteiger partial charge on any atom is -0.497 e. The molecule has 0 spiro atoms. The van der Waals surface area contributed by atoms with Crippen LogP contribution in [0.5, 0.6) is 5.75 Å². The Balaban J connectivity index is 2.03. The van der Waals surface area contributed by atoms with Crippen LogP contribution in [0.15, 0.2) is 67.0 Å². The first-order valence-electron chi connectivity index (χ1n) is 7.49. The lowest BCUT2D eigenvalue weighted by Gasteiger charge is -2.16. The van der Waals surface area contributed by atoms with E-state index in [1.807, 2.05) is 42.5 Å². The van der Waals surface area contributed by atoms with Gasteiger partial charge in [-0.2, -0.15) is 5.26 Å². The van der Waals surface area contributed by atoms with Crippen LogP contribution in [0, 0.1) is 11.3 Å². The summed E-state index contributed by atoms with van der Waals surface area (Å²) in [5.74, 6) is 0.735. The molecule has 1 N–H and O–H groups in total. The maximum Gasteiger partial charge on any atom is 0.118 e. The van der Waals surface area contributed by atoms with Crippen LogP contribution in [0.3, 0.4) is 0 Å². The summed E-state index contributed by atoms with van der Waals surface area (Å²) in [6.07, 6.45) is 2.52. The highest BCUT2D eigenvalue weighted by molar-refractivity contribution is 5.69. The van der Waals surface area contributed by atoms with Gasteiger partial charge in [0.2, 0.25) is 0 Å². The summed E-state index contributed by atoms with van der Waals surface area (Å²) < 4.78 is 5.15. The van der Waals surface area contributed by atoms with E-state index in [2.05, 4.69) is 11.1 Å². The standard InChI is InChI=1S/C20H16N2O2/c1-24-17-7-5-15(6-8-17)20(23)19-13-22-10-9-18(19)16-4-2-3-14(11-16)12-21/h2-11,13,20,23H,1H3. The molecule has 0 saturated carbocycles. The summed E-state index contributed by atoms with van der Waals surface area (Å²) in [7, 11) is 1.60. The smallest absolute Gasteiger partial charge is 0.118 e. The number of aliphatic hydroxyl groups is 1. The second kappa shape index (κ2) is 6.95. The molecule has 0 aliphatic carbocycles. The fraction of sp³-hybridized carbons (Fsp3) is 0.100. The molecule has 2 aromatic carbocycles. The summed E-state index contributed by atoms with van der Waals surface area (Å²) in [6, 6.07) is 18.6. The first kappa shape index (κ1) is 15.7. The number of ether oxygens (including phenoxy) is 1. The number of nitriles is 1. The summed E-state index contributed by atoms with van der Waals surface area (Å²) in [5.41, 5.74) is 3.75. The lowest BCUT2D eigenvalue weighted by molar-refractivity contribution is 0.220. The fourth-order valence-electron chi connectivity index (χ4n) is 2.61. The van der Waals surface area contributed by atoms with Gasteiger partial charge in [0.05, 0.1) is 18.7 Å². The number of benzene rings is 2. The molecule has 0 saturated heterocycles. The first-order valence-corrected chi connectivity index (χ1v) is 7.49. The van der Waals surface area contributed by atoms with Crippen molar-refractivity contribution >= 4 is 0 Å². The van der Waals surface area contributed by atoms with Crippen LogP contribution >= 0.6 is 0 Å². The Morgan fingerprint density at radius 2 is 1.92 bits per heavy atom. The second-order valence-corrected chi connectivity index (χ2v) is 5.33. The molecule has 24 heavy (non-hydrogen) atoms. The summed E-state index contributed by atoms with van der Waals surface area (Å²) in [4.78, 5) is 4.14. The quantitative estimate of drug-likeness (QED) is 0.797. The van der Waals surface area contributed by atoms with Crippen molar-refractivity contribution in [3.63, 3.8) is 0 Å². The molecule has 0 fully saturated rings. The molecule has 0 aliphatic heterocycles. The summed E-state index contributed by atoms with van der Waals surface area (Å²) in [5, 5.41) is 19.9. The minimum atomic E-state index is -0.814. The number of nitrogens with zero attached hydrogens (tertiary/aromatic N) is 2. The summed E-state index contributed by atoms with van der Waals surface area (Å²) >= 11 is 0. The Labute approximate surface area is 140 Å². The lowest BCUT2D eigenvalue weighted by atomic mass is 9.94. The van der Waals surface area contributed by atoms with Crippen LogP contribution in [-0.4, -0.2) is 17.2 Å². The zero-order chi connectivity index (χ0) is 16.9. The van der Waals surface area contributed by atoms with Crippen LogP contribution in [0.4, 0.5) is 0 Å². The van der Waals surface area contributed by atoms with Gasteiger partial charge >= 0.3 is 0 Å². The normalized spacial score (nSPS) is 11.5. The number of aliphatic hydroxyl groups excluding tert-OH is 1. The van der Waals surface area contributed by atoms with Crippen molar-refractivity contribution in [1.82, 2.24) is 4.98 Å². The molecule has 0 radical (unpaired) electrons. The van der Waals surface area contributed by atoms with Crippen LogP contribution in [-0.2, 0) is 0 Å². The molecule has 3 aromatic rings. The van der Waals surface area contributed by atoms with Gasteiger partial charge in [0.1, 0.15) is 11.9 Å². The monoisotopic (exact) mass is 316 g/mol. The molecule has 0 bridgehead atoms. The maximum absolute atomic E-state index is 10.8. The zero-order valence-electron chi connectivity index (χ0n) is 13.2. The average molecular weight is 316 g/mol. The molecule has 3 rings (SSSR count). The van der Waals surface area contributed by atoms with Crippen LogP contribution < -0.4 is 4.74 Å². The van der Waals surface area contributed by atoms with Gasteiger partial charge in [-0.05, 0) is 47.0 Å². The number of pyridine rings is 1. The minimum absolute atomic E-state index is 0.578. The second-order valence-electron chi connectivity index (χ2n) is 5.33. The Morgan fingerprint density at radius 3 is 2.62 bits per heavy atom. The van der Waals surface area contributed by atoms with E-state index in [0.29, 0.717) is 11.1 Å². The van der Waals surface area contributed by atoms with Crippen molar-refractivity contribution < 1.29 is 9.84 Å². The van der Waals surface area contributed by atoms with Gasteiger partial charge in [-0.1, -0.05) is 24.3 Å². The van der Waals surface area contributed by atoms with Crippen LogP contribution in [0.2, 0.25) is 0 Å². The van der Waals surface area contributed by atoms with Crippen molar-refractivity contribution in [2.45, 2.75) is 6.10 Å². The number of hydrogen-bond donors (Lipinski definition) is 1. The number of rotatable bonds is 4. The van der Waals surface area contributed by atoms with Crippen molar-refractivity contribution in [2.75, 3.05) is 7.11 Å². The van der Waals surface area contributed by atoms with Gasteiger partial charge in [-0.25, -0.2) is 0 Å². The van der Waals surface area contributed by atoms with Crippen LogP contribution in [0.1, 0.15) is 22.8 Å². The molecule has 0 aliphatic rings. The highest BCUT2D eigenvalue weighted by Gasteiger charge is 2.16. The maximum atomic E-state index is 10.8. The van der Waals surface area contributed by atoms with Gasteiger partial charge in [0.25, 0.3) is 0 Å². The average Bonchev–Trinajstić information content (AvgIpc) is 2.67. The largest absolute Gasteiger partial charge is 0.497 e. The van der Waals surface area contributed by atoms with Crippen LogP contribution in [0.25, 0.3) is 11.1 Å². The predicted octanol–water partition coefficient (Wildman–Crippen LogP) is 3.71. The van der Waals surface area contributed by atoms with E-state index >= 15 is 0 Å². The third kappa shape index (κ3) is 3.12. The summed E-state index contributed by atoms with van der Waals surface area (Å²) in [6.45, 7) is 0. The fourth-order valence-corrected chi connectivity index (χ4v) is 2.61. The molecule has 1 unspecified atom stereocenters.